The highest BCUT2D eigenvalue weighted by Gasteiger charge is 2.21. The molecular formula is C9H18N2O5S. The Kier molecular flexibility index (Phi) is 6.55. The van der Waals surface area contributed by atoms with E-state index in [1.165, 1.54) is 0 Å². The van der Waals surface area contributed by atoms with Crippen molar-refractivity contribution in [2.75, 3.05) is 18.6 Å². The Morgan fingerprint density at radius 1 is 1.35 bits per heavy atom. The van der Waals surface area contributed by atoms with Crippen LogP contribution in [0.1, 0.15) is 19.8 Å². The molecule has 8 heteroatoms. The molecule has 0 heterocycles. The third kappa shape index (κ3) is 8.49. The maximum absolute atomic E-state index is 11.2. The van der Waals surface area contributed by atoms with Crippen molar-refractivity contribution in [3.8, 4) is 0 Å². The van der Waals surface area contributed by atoms with E-state index >= 15 is 0 Å². The highest BCUT2D eigenvalue weighted by atomic mass is 32.2. The fourth-order valence-corrected chi connectivity index (χ4v) is 1.70. The fraction of sp³-hybridized carbons (Fsp3) is 0.778. The van der Waals surface area contributed by atoms with E-state index in [2.05, 4.69) is 10.6 Å². The third-order valence-corrected chi connectivity index (χ3v) is 2.89. The average Bonchev–Trinajstić information content (AvgIpc) is 2.19. The predicted molar refractivity (Wildman–Crippen MR) is 62.6 cm³/mol. The van der Waals surface area contributed by atoms with Crippen molar-refractivity contribution in [1.82, 2.24) is 10.6 Å². The lowest BCUT2D eigenvalue weighted by atomic mass is 10.2. The van der Waals surface area contributed by atoms with Crippen LogP contribution < -0.4 is 10.6 Å². The highest BCUT2D eigenvalue weighted by Crippen LogP contribution is 1.97. The van der Waals surface area contributed by atoms with E-state index in [0.717, 1.165) is 12.7 Å². The number of hydrogen-bond acceptors (Lipinski definition) is 4. The Balaban J connectivity index is 4.25. The van der Waals surface area contributed by atoms with Crippen LogP contribution in [-0.4, -0.2) is 50.1 Å². The van der Waals surface area contributed by atoms with Crippen LogP contribution in [0.3, 0.4) is 0 Å². The Morgan fingerprint density at radius 2 is 1.94 bits per heavy atom. The number of hydrogen-bond donors (Lipinski definition) is 3. The molecule has 1 unspecified atom stereocenters. The normalized spacial score (nSPS) is 12.8. The Morgan fingerprint density at radius 3 is 2.35 bits per heavy atom. The summed E-state index contributed by atoms with van der Waals surface area (Å²) in [5.74, 6) is -1.53. The molecule has 0 radical (unpaired) electrons. The molecule has 0 spiro atoms. The molecule has 0 saturated heterocycles. The fourth-order valence-electron chi connectivity index (χ4n) is 1.04. The first-order valence-electron chi connectivity index (χ1n) is 5.21. The molecule has 0 aromatic heterocycles. The summed E-state index contributed by atoms with van der Waals surface area (Å²) in [5, 5.41) is 13.5. The SMILES string of the molecule is CCCNC(=O)NC(CCS(C)(=O)=O)C(=O)O. The molecule has 0 aliphatic heterocycles. The molecule has 7 nitrogen and oxygen atoms in total. The minimum absolute atomic E-state index is 0.145. The van der Waals surface area contributed by atoms with E-state index in [4.69, 9.17) is 5.11 Å². The highest BCUT2D eigenvalue weighted by molar-refractivity contribution is 7.90. The molecule has 0 fully saturated rings. The summed E-state index contributed by atoms with van der Waals surface area (Å²) in [7, 11) is -3.24. The number of carbonyl (C=O) groups is 2. The van der Waals surface area contributed by atoms with Gasteiger partial charge in [-0.15, -0.1) is 0 Å². The molecule has 0 aromatic carbocycles. The second-order valence-electron chi connectivity index (χ2n) is 3.71. The van der Waals surface area contributed by atoms with Crippen LogP contribution in [-0.2, 0) is 14.6 Å². The maximum Gasteiger partial charge on any atom is 0.326 e. The van der Waals surface area contributed by atoms with E-state index in [1.807, 2.05) is 6.92 Å². The topological polar surface area (TPSA) is 113 Å². The first kappa shape index (κ1) is 15.7. The van der Waals surface area contributed by atoms with E-state index in [1.54, 1.807) is 0 Å². The van der Waals surface area contributed by atoms with E-state index in [-0.39, 0.29) is 12.2 Å². The van der Waals surface area contributed by atoms with Crippen molar-refractivity contribution in [2.24, 2.45) is 0 Å². The molecule has 0 bridgehead atoms. The van der Waals surface area contributed by atoms with Crippen LogP contribution in [0, 0.1) is 0 Å². The number of urea groups is 1. The number of carboxylic acids is 1. The summed E-state index contributed by atoms with van der Waals surface area (Å²) in [5.41, 5.74) is 0. The van der Waals surface area contributed by atoms with Gasteiger partial charge in [-0.25, -0.2) is 18.0 Å². The number of nitrogens with one attached hydrogen (secondary N) is 2. The first-order valence-corrected chi connectivity index (χ1v) is 7.27. The van der Waals surface area contributed by atoms with Crippen LogP contribution in [0.4, 0.5) is 4.79 Å². The zero-order valence-electron chi connectivity index (χ0n) is 9.89. The molecular weight excluding hydrogens is 248 g/mol. The second-order valence-corrected chi connectivity index (χ2v) is 5.97. The van der Waals surface area contributed by atoms with Crippen LogP contribution in [0.2, 0.25) is 0 Å². The summed E-state index contributed by atoms with van der Waals surface area (Å²) in [4.78, 5) is 22.0. The summed E-state index contributed by atoms with van der Waals surface area (Å²) in [6.45, 7) is 2.29. The van der Waals surface area contributed by atoms with Gasteiger partial charge in [0.05, 0.1) is 5.75 Å². The van der Waals surface area contributed by atoms with E-state index in [9.17, 15) is 18.0 Å². The van der Waals surface area contributed by atoms with E-state index < -0.39 is 27.9 Å². The van der Waals surface area contributed by atoms with Crippen LogP contribution in [0.25, 0.3) is 0 Å². The second kappa shape index (κ2) is 7.10. The minimum Gasteiger partial charge on any atom is -0.480 e. The Labute approximate surface area is 101 Å². The largest absolute Gasteiger partial charge is 0.480 e. The molecule has 100 valence electrons. The van der Waals surface area contributed by atoms with Gasteiger partial charge in [0.25, 0.3) is 0 Å². The maximum atomic E-state index is 11.2. The molecule has 2 amide bonds. The summed E-state index contributed by atoms with van der Waals surface area (Å²) < 4.78 is 21.8. The molecule has 0 aliphatic carbocycles. The molecule has 0 aromatic rings. The first-order chi connectivity index (χ1) is 7.76. The van der Waals surface area contributed by atoms with Crippen molar-refractivity contribution < 1.29 is 23.1 Å². The summed E-state index contributed by atoms with van der Waals surface area (Å²) in [6, 6.07) is -1.80. The van der Waals surface area contributed by atoms with Crippen LogP contribution >= 0.6 is 0 Å². The molecule has 0 rings (SSSR count). The van der Waals surface area contributed by atoms with Crippen molar-refractivity contribution in [1.29, 1.82) is 0 Å². The van der Waals surface area contributed by atoms with Crippen LogP contribution in [0.5, 0.6) is 0 Å². The summed E-state index contributed by atoms with van der Waals surface area (Å²) in [6.07, 6.45) is 1.60. The van der Waals surface area contributed by atoms with Gasteiger partial charge < -0.3 is 15.7 Å². The molecule has 1 atom stereocenters. The number of carbonyl (C=O) groups excluding carboxylic acids is 1. The number of sulfone groups is 1. The standard InChI is InChI=1S/C9H18N2O5S/c1-3-5-10-9(14)11-7(8(12)13)4-6-17(2,15)16/h7H,3-6H2,1-2H3,(H,12,13)(H2,10,11,14). The number of amides is 2. The summed E-state index contributed by atoms with van der Waals surface area (Å²) >= 11 is 0. The Hall–Kier alpha value is -1.31. The molecule has 0 aliphatic rings. The van der Waals surface area contributed by atoms with Crippen molar-refractivity contribution in [2.45, 2.75) is 25.8 Å². The van der Waals surface area contributed by atoms with Gasteiger partial charge in [-0.2, -0.15) is 0 Å². The third-order valence-electron chi connectivity index (χ3n) is 1.92. The smallest absolute Gasteiger partial charge is 0.326 e. The zero-order valence-corrected chi connectivity index (χ0v) is 10.7. The van der Waals surface area contributed by atoms with Gasteiger partial charge in [-0.05, 0) is 12.8 Å². The molecule has 0 saturated carbocycles. The number of rotatable bonds is 7. The Bertz CT molecular complexity index is 366. The van der Waals surface area contributed by atoms with Crippen molar-refractivity contribution >= 4 is 21.8 Å². The predicted octanol–water partition coefficient (Wildman–Crippen LogP) is -0.416. The van der Waals surface area contributed by atoms with Gasteiger partial charge in [0.15, 0.2) is 0 Å². The number of carboxylic acid groups (broad SMARTS) is 1. The van der Waals surface area contributed by atoms with Crippen molar-refractivity contribution in [3.63, 3.8) is 0 Å². The average molecular weight is 266 g/mol. The lowest BCUT2D eigenvalue weighted by Gasteiger charge is -2.14. The van der Waals surface area contributed by atoms with Crippen LogP contribution in [0.15, 0.2) is 0 Å². The van der Waals surface area contributed by atoms with Gasteiger partial charge in [0.2, 0.25) is 0 Å². The van der Waals surface area contributed by atoms with Gasteiger partial charge in [0.1, 0.15) is 15.9 Å². The van der Waals surface area contributed by atoms with Gasteiger partial charge in [-0.1, -0.05) is 6.92 Å². The lowest BCUT2D eigenvalue weighted by Crippen LogP contribution is -2.46. The van der Waals surface area contributed by atoms with Gasteiger partial charge in [-0.3, -0.25) is 0 Å². The monoisotopic (exact) mass is 266 g/mol. The number of aliphatic carboxylic acids is 1. The van der Waals surface area contributed by atoms with Gasteiger partial charge >= 0.3 is 12.0 Å². The molecule has 3 N–H and O–H groups in total. The zero-order chi connectivity index (χ0) is 13.5. The van der Waals surface area contributed by atoms with E-state index in [0.29, 0.717) is 6.54 Å². The quantitative estimate of drug-likeness (QED) is 0.579. The lowest BCUT2D eigenvalue weighted by molar-refractivity contribution is -0.139. The molecule has 17 heavy (non-hydrogen) atoms. The van der Waals surface area contributed by atoms with Crippen molar-refractivity contribution in [3.05, 3.63) is 0 Å². The minimum atomic E-state index is -3.24. The van der Waals surface area contributed by atoms with Gasteiger partial charge in [0, 0.05) is 12.8 Å².